The highest BCUT2D eigenvalue weighted by Gasteiger charge is 2.30. The van der Waals surface area contributed by atoms with Crippen molar-refractivity contribution in [2.45, 2.75) is 381 Å². The van der Waals surface area contributed by atoms with Crippen LogP contribution in [0.5, 0.6) is 0 Å². The highest BCUT2D eigenvalue weighted by Crippen LogP contribution is 2.49. The van der Waals surface area contributed by atoms with Gasteiger partial charge < -0.3 is 28.7 Å². The Bertz CT molecular complexity index is 2490. The summed E-state index contributed by atoms with van der Waals surface area (Å²) in [5, 5.41) is 0. The molecule has 0 aromatic rings. The first-order valence-corrected chi connectivity index (χ1v) is 48.2. The molecule has 113 heavy (non-hydrogen) atoms. The van der Waals surface area contributed by atoms with Crippen LogP contribution in [0.4, 0.5) is 0 Å². The summed E-state index contributed by atoms with van der Waals surface area (Å²) >= 11 is 0. The van der Waals surface area contributed by atoms with Crippen molar-refractivity contribution in [3.63, 3.8) is 0 Å². The fourth-order valence-electron chi connectivity index (χ4n) is 12.0. The molecule has 0 aromatic heterocycles. The lowest BCUT2D eigenvalue weighted by Gasteiger charge is -2.22. The number of carbonyl (C=O) groups excluding carboxylic acids is 4. The first kappa shape index (κ1) is 111. The summed E-state index contributed by atoms with van der Waals surface area (Å²) in [6, 6.07) is 0. The maximum absolute atomic E-state index is 13.2. The molecule has 0 saturated heterocycles. The molecule has 2 unspecified atom stereocenters. The van der Waals surface area contributed by atoms with E-state index in [-0.39, 0.29) is 64.4 Å². The second-order valence-corrected chi connectivity index (χ2v) is 33.3. The topological polar surface area (TPSA) is 201 Å². The third kappa shape index (κ3) is 82.8. The van der Waals surface area contributed by atoms with Crippen LogP contribution < -0.4 is 0 Å². The van der Waals surface area contributed by atoms with Crippen molar-refractivity contribution in [3.05, 3.63) is 97.2 Å². The van der Waals surface area contributed by atoms with E-state index in [9.17, 15) is 28.3 Å². The molecule has 18 nitrogen and oxygen atoms in total. The molecule has 0 heterocycles. The van der Waals surface area contributed by atoms with E-state index in [1.54, 1.807) is 0 Å². The third-order valence-corrected chi connectivity index (χ3v) is 21.8. The Morgan fingerprint density at radius 3 is 0.796 bits per heavy atom. The molecule has 0 aromatic carbocycles. The summed E-state index contributed by atoms with van der Waals surface area (Å²) in [6.07, 6.45) is 86.3. The molecule has 4 atom stereocenters. The van der Waals surface area contributed by atoms with Gasteiger partial charge in [-0.3, -0.25) is 46.3 Å². The molecular formula is C93H170N2O16P2. The maximum atomic E-state index is 13.2. The molecule has 0 rings (SSSR count). The van der Waals surface area contributed by atoms with Gasteiger partial charge in [0, 0.05) is 46.4 Å². The van der Waals surface area contributed by atoms with Crippen LogP contribution in [0.25, 0.3) is 0 Å². The quantitative estimate of drug-likeness (QED) is 0.0183. The molecule has 0 radical (unpaired) electrons. The van der Waals surface area contributed by atoms with Crippen LogP contribution in [0, 0.1) is 0 Å². The predicted molar refractivity (Wildman–Crippen MR) is 472 cm³/mol. The Hall–Kier alpha value is -4.06. The van der Waals surface area contributed by atoms with Gasteiger partial charge in [-0.25, -0.2) is 9.13 Å². The first-order valence-electron chi connectivity index (χ1n) is 45.3. The van der Waals surface area contributed by atoms with Crippen molar-refractivity contribution in [2.24, 2.45) is 0 Å². The average Bonchev–Trinajstić information content (AvgIpc) is 0.897. The monoisotopic (exact) mass is 1630 g/mol. The van der Waals surface area contributed by atoms with E-state index >= 15 is 0 Å². The van der Waals surface area contributed by atoms with Gasteiger partial charge in [-0.1, -0.05) is 216 Å². The molecule has 0 saturated carbocycles. The zero-order valence-electron chi connectivity index (χ0n) is 73.8. The zero-order valence-corrected chi connectivity index (χ0v) is 75.6. The van der Waals surface area contributed by atoms with E-state index in [0.717, 1.165) is 225 Å². The molecule has 20 heteroatoms. The largest absolute Gasteiger partial charge is 0.474 e. The Morgan fingerprint density at radius 2 is 0.531 bits per heavy atom. The van der Waals surface area contributed by atoms with Crippen LogP contribution in [-0.4, -0.2) is 140 Å². The van der Waals surface area contributed by atoms with Gasteiger partial charge in [-0.05, 0) is 258 Å². The van der Waals surface area contributed by atoms with Crippen LogP contribution in [0.3, 0.4) is 0 Å². The van der Waals surface area contributed by atoms with Crippen molar-refractivity contribution in [1.29, 1.82) is 0 Å². The Balaban J connectivity index is 0. The lowest BCUT2D eigenvalue weighted by Crippen LogP contribution is -2.29. The minimum absolute atomic E-state index is 0.178. The Kier molecular flexibility index (Phi) is 85.7. The van der Waals surface area contributed by atoms with Crippen molar-refractivity contribution in [3.8, 4) is 0 Å². The fourth-order valence-corrected chi connectivity index (χ4v) is 14.0. The van der Waals surface area contributed by atoms with Crippen LogP contribution in [0.2, 0.25) is 0 Å². The number of unbranched alkanes of at least 4 members (excludes halogenated alkanes) is 33. The summed E-state index contributed by atoms with van der Waals surface area (Å²) < 4.78 is 80.9. The lowest BCUT2D eigenvalue weighted by molar-refractivity contribution is -0.161. The van der Waals surface area contributed by atoms with Crippen molar-refractivity contribution in [1.82, 2.24) is 9.80 Å². The van der Waals surface area contributed by atoms with Gasteiger partial charge in [-0.2, -0.15) is 0 Å². The molecule has 0 amide bonds. The number of phosphoric acid groups is 2. The molecule has 0 spiro atoms. The predicted octanol–water partition coefficient (Wildman–Crippen LogP) is 26.8. The number of hydrogen-bond donors (Lipinski definition) is 0. The third-order valence-electron chi connectivity index (χ3n) is 19.0. The normalized spacial score (nSPS) is 13.8. The second-order valence-electron chi connectivity index (χ2n) is 29.8. The van der Waals surface area contributed by atoms with E-state index in [1.165, 1.54) is 91.3 Å². The molecule has 0 aliphatic carbocycles. The van der Waals surface area contributed by atoms with Gasteiger partial charge in [0.05, 0.1) is 26.4 Å². The molecule has 0 aliphatic rings. The molecule has 0 bridgehead atoms. The number of nitrogens with zero attached hydrogens (tertiary/aromatic N) is 2. The van der Waals surface area contributed by atoms with Crippen LogP contribution >= 0.6 is 15.6 Å². The van der Waals surface area contributed by atoms with Gasteiger partial charge in [0.1, 0.15) is 13.2 Å². The number of hydrogen-bond acceptors (Lipinski definition) is 18. The second kappa shape index (κ2) is 87.3. The molecule has 0 aliphatic heterocycles. The first-order chi connectivity index (χ1) is 55.1. The fraction of sp³-hybridized carbons (Fsp3) is 0.785. The van der Waals surface area contributed by atoms with Gasteiger partial charge in [0.15, 0.2) is 12.2 Å². The van der Waals surface area contributed by atoms with E-state index in [4.69, 9.17) is 46.1 Å². The van der Waals surface area contributed by atoms with Gasteiger partial charge in [0.25, 0.3) is 0 Å². The van der Waals surface area contributed by atoms with Crippen LogP contribution in [0.1, 0.15) is 369 Å². The number of esters is 4. The number of ether oxygens (including phenoxy) is 4. The smallest absolute Gasteiger partial charge is 0.462 e. The number of allylic oxidation sites excluding steroid dienone is 16. The minimum atomic E-state index is -3.89. The van der Waals surface area contributed by atoms with E-state index in [2.05, 4.69) is 149 Å². The number of phosphoric ester groups is 2. The summed E-state index contributed by atoms with van der Waals surface area (Å²) in [4.78, 5) is 55.1. The van der Waals surface area contributed by atoms with Crippen molar-refractivity contribution in [2.75, 3.05) is 94.1 Å². The van der Waals surface area contributed by atoms with Crippen molar-refractivity contribution >= 4 is 39.5 Å². The molecule has 0 N–H and O–H groups in total. The van der Waals surface area contributed by atoms with Gasteiger partial charge in [0.2, 0.25) is 0 Å². The summed E-state index contributed by atoms with van der Waals surface area (Å²) in [5.74, 6) is -1.48. The highest BCUT2D eigenvalue weighted by molar-refractivity contribution is 7.48. The zero-order chi connectivity index (χ0) is 83.1. The lowest BCUT2D eigenvalue weighted by atomic mass is 10.1. The van der Waals surface area contributed by atoms with Crippen LogP contribution in [0.15, 0.2) is 97.2 Å². The minimum Gasteiger partial charge on any atom is -0.462 e. The van der Waals surface area contributed by atoms with Crippen molar-refractivity contribution < 1.29 is 74.4 Å². The summed E-state index contributed by atoms with van der Waals surface area (Å²) in [6.45, 7) is 15.9. The highest BCUT2D eigenvalue weighted by atomic mass is 31.2. The van der Waals surface area contributed by atoms with Gasteiger partial charge in [-0.15, -0.1) is 0 Å². The molecule has 0 fully saturated rings. The Labute approximate surface area is 692 Å². The number of carbonyl (C=O) groups is 4. The van der Waals surface area contributed by atoms with Gasteiger partial charge >= 0.3 is 39.5 Å². The molecule has 658 valence electrons. The summed E-state index contributed by atoms with van der Waals surface area (Å²) in [7, 11) is -1.24. The van der Waals surface area contributed by atoms with E-state index in [0.29, 0.717) is 38.5 Å². The Morgan fingerprint density at radius 1 is 0.283 bits per heavy atom. The maximum Gasteiger partial charge on any atom is 0.474 e. The SMILES string of the molecule is CC/C=C\CCCC/C=C\CCCCCCCC(=O)OC[C@H](COP(=O)(OC)OCCCCN(C)C)OC(=O)CCCCCCC/C=C\CCCC/C=C\CC.CC/C=C\CCCC/C=C\CCCCCCCC(=O)OC[C@H](COP(=O)(OC)OCCCN(CC)CC)OC(=O)CCCCCCC/C=C\CCCC/C=C\CC. The standard InChI is InChI=1S/C47H86NO8P.C46H84NO8P/c1-6-10-12-14-16-18-20-22-24-26-28-30-32-34-36-39-46(49)53-43-45(44-55-57(51,52-5)54-42-38-41-48(8-3)9-4)56-47(50)40-37-35-33-31-29-27-25-23-21-19-17-15-13-11-7-2;1-6-8-10-12-14-16-18-20-22-24-26-28-30-32-34-38-45(48)52-42-44(43-54-56(50,51-5)53-41-37-36-40-47(3)4)55-46(49)39-35-33-31-29-27-25-23-21-19-17-15-13-11-9-7-2/h10-13,22-25,45H,6-9,14-21,26-44H2,1-5H3;8-11,20-23,44H,6-7,12-19,24-43H2,1-5H3/b12-10-,13-11-,24-22-,25-23-;10-8-,11-9-,22-20-,23-21-/t45-,57?;44-,56?/m11/s1. The average molecular weight is 1630 g/mol. The van der Waals surface area contributed by atoms with E-state index in [1.807, 2.05) is 14.1 Å². The molecular weight excluding hydrogens is 1460 g/mol. The van der Waals surface area contributed by atoms with E-state index < -0.39 is 39.8 Å². The van der Waals surface area contributed by atoms with Crippen LogP contribution in [-0.2, 0) is 74.4 Å². The summed E-state index contributed by atoms with van der Waals surface area (Å²) in [5.41, 5.74) is 0. The number of rotatable bonds is 83.